The van der Waals surface area contributed by atoms with Crippen molar-refractivity contribution in [3.63, 3.8) is 0 Å². The molecule has 0 unspecified atom stereocenters. The van der Waals surface area contributed by atoms with Crippen LogP contribution in [0.25, 0.3) is 0 Å². The molecule has 0 radical (unpaired) electrons. The maximum Gasteiger partial charge on any atom is 0.0586 e. The molecule has 0 atom stereocenters. The van der Waals surface area contributed by atoms with Crippen molar-refractivity contribution in [2.45, 2.75) is 11.8 Å². The van der Waals surface area contributed by atoms with E-state index in [0.717, 1.165) is 19.6 Å². The van der Waals surface area contributed by atoms with Crippen molar-refractivity contribution in [2.24, 2.45) is 5.73 Å². The predicted octanol–water partition coefficient (Wildman–Crippen LogP) is 0.698. The van der Waals surface area contributed by atoms with Gasteiger partial charge in [-0.25, -0.2) is 0 Å². The fourth-order valence-corrected chi connectivity index (χ4v) is 1.79. The highest BCUT2D eigenvalue weighted by atomic mass is 16.5. The van der Waals surface area contributed by atoms with Crippen LogP contribution >= 0.6 is 0 Å². The van der Waals surface area contributed by atoms with E-state index in [2.05, 4.69) is 17.1 Å². The van der Waals surface area contributed by atoms with Gasteiger partial charge in [-0.1, -0.05) is 0 Å². The van der Waals surface area contributed by atoms with Crippen LogP contribution in [0.2, 0.25) is 0 Å². The third-order valence-electron chi connectivity index (χ3n) is 2.67. The van der Waals surface area contributed by atoms with Gasteiger partial charge in [0, 0.05) is 17.8 Å². The number of ether oxygens (including phenoxy) is 1. The van der Waals surface area contributed by atoms with Crippen molar-refractivity contribution >= 4 is 0 Å². The number of aromatic nitrogens is 1. The number of hydrogen-bond acceptors (Lipinski definition) is 3. The van der Waals surface area contributed by atoms with Gasteiger partial charge in [-0.05, 0) is 30.7 Å². The van der Waals surface area contributed by atoms with Crippen LogP contribution in [0.1, 0.15) is 12.0 Å². The summed E-state index contributed by atoms with van der Waals surface area (Å²) in [5, 5.41) is 0. The number of nitrogens with zero attached hydrogens (tertiary/aromatic N) is 1. The van der Waals surface area contributed by atoms with E-state index in [4.69, 9.17) is 10.5 Å². The van der Waals surface area contributed by atoms with Gasteiger partial charge in [0.15, 0.2) is 0 Å². The lowest BCUT2D eigenvalue weighted by molar-refractivity contribution is -0.0631. The lowest BCUT2D eigenvalue weighted by Crippen LogP contribution is -2.48. The maximum absolute atomic E-state index is 5.59. The smallest absolute Gasteiger partial charge is 0.0586 e. The Balaban J connectivity index is 2.22. The zero-order valence-electron chi connectivity index (χ0n) is 7.57. The van der Waals surface area contributed by atoms with Gasteiger partial charge in [0.05, 0.1) is 13.2 Å². The minimum atomic E-state index is 0.178. The quantitative estimate of drug-likeness (QED) is 0.741. The summed E-state index contributed by atoms with van der Waals surface area (Å²) in [6.45, 7) is 2.31. The number of nitrogens with two attached hydrogens (primary N) is 1. The molecule has 3 heteroatoms. The van der Waals surface area contributed by atoms with E-state index in [1.807, 2.05) is 12.4 Å². The molecule has 1 aliphatic heterocycles. The summed E-state index contributed by atoms with van der Waals surface area (Å²) in [5.41, 5.74) is 7.07. The Morgan fingerprint density at radius 1 is 1.38 bits per heavy atom. The molecule has 0 amide bonds. The average Bonchev–Trinajstić information content (AvgIpc) is 2.13. The van der Waals surface area contributed by atoms with Crippen LogP contribution in [0, 0.1) is 0 Å². The summed E-state index contributed by atoms with van der Waals surface area (Å²) in [4.78, 5) is 4.01. The molecule has 1 aromatic heterocycles. The van der Waals surface area contributed by atoms with Gasteiger partial charge in [0.1, 0.15) is 0 Å². The van der Waals surface area contributed by atoms with Crippen LogP contribution in [0.5, 0.6) is 0 Å². The van der Waals surface area contributed by atoms with Crippen molar-refractivity contribution < 1.29 is 4.74 Å². The lowest BCUT2D eigenvalue weighted by atomic mass is 9.76. The average molecular weight is 178 g/mol. The molecule has 1 aliphatic rings. The summed E-state index contributed by atoms with van der Waals surface area (Å²) in [7, 11) is 0. The van der Waals surface area contributed by atoms with Crippen molar-refractivity contribution in [3.05, 3.63) is 30.1 Å². The fraction of sp³-hybridized carbons (Fsp3) is 0.500. The van der Waals surface area contributed by atoms with Gasteiger partial charge >= 0.3 is 0 Å². The highest BCUT2D eigenvalue weighted by molar-refractivity contribution is 5.25. The number of pyridine rings is 1. The Morgan fingerprint density at radius 2 is 2.08 bits per heavy atom. The molecule has 1 aromatic rings. The van der Waals surface area contributed by atoms with Gasteiger partial charge in [-0.2, -0.15) is 0 Å². The van der Waals surface area contributed by atoms with E-state index < -0.39 is 0 Å². The molecular formula is C10H14N2O. The first kappa shape index (κ1) is 8.66. The first-order chi connectivity index (χ1) is 6.37. The minimum absolute atomic E-state index is 0.178. The summed E-state index contributed by atoms with van der Waals surface area (Å²) >= 11 is 0. The zero-order valence-corrected chi connectivity index (χ0v) is 7.57. The van der Waals surface area contributed by atoms with Crippen molar-refractivity contribution in [1.82, 2.24) is 4.98 Å². The maximum atomic E-state index is 5.59. The molecular weight excluding hydrogens is 164 g/mol. The predicted molar refractivity (Wildman–Crippen MR) is 50.4 cm³/mol. The van der Waals surface area contributed by atoms with Gasteiger partial charge in [0.2, 0.25) is 0 Å². The third kappa shape index (κ3) is 1.45. The van der Waals surface area contributed by atoms with E-state index in [-0.39, 0.29) is 5.41 Å². The molecule has 2 heterocycles. The SMILES string of the molecule is NCCC1(c2ccncc2)COC1. The van der Waals surface area contributed by atoms with Crippen LogP contribution in [0.4, 0.5) is 0 Å². The Labute approximate surface area is 77.9 Å². The Hall–Kier alpha value is -0.930. The molecule has 2 rings (SSSR count). The van der Waals surface area contributed by atoms with Crippen LogP contribution in [-0.4, -0.2) is 24.7 Å². The first-order valence-electron chi connectivity index (χ1n) is 4.56. The van der Waals surface area contributed by atoms with Gasteiger partial charge < -0.3 is 10.5 Å². The highest BCUT2D eigenvalue weighted by Gasteiger charge is 2.39. The van der Waals surface area contributed by atoms with E-state index in [9.17, 15) is 0 Å². The van der Waals surface area contributed by atoms with Crippen LogP contribution in [-0.2, 0) is 10.2 Å². The number of hydrogen-bond donors (Lipinski definition) is 1. The van der Waals surface area contributed by atoms with E-state index in [0.29, 0.717) is 6.54 Å². The van der Waals surface area contributed by atoms with Crippen LogP contribution < -0.4 is 5.73 Å². The van der Waals surface area contributed by atoms with E-state index in [1.165, 1.54) is 5.56 Å². The summed E-state index contributed by atoms with van der Waals surface area (Å²) < 4.78 is 5.27. The second kappa shape index (κ2) is 3.44. The van der Waals surface area contributed by atoms with Crippen molar-refractivity contribution in [3.8, 4) is 0 Å². The summed E-state index contributed by atoms with van der Waals surface area (Å²) in [5.74, 6) is 0. The van der Waals surface area contributed by atoms with Gasteiger partial charge in [-0.3, -0.25) is 4.98 Å². The standard InChI is InChI=1S/C10H14N2O/c11-4-3-10(7-13-8-10)9-1-5-12-6-2-9/h1-2,5-6H,3-4,7-8,11H2. The Bertz CT molecular complexity index is 270. The molecule has 13 heavy (non-hydrogen) atoms. The van der Waals surface area contributed by atoms with E-state index >= 15 is 0 Å². The van der Waals surface area contributed by atoms with E-state index in [1.54, 1.807) is 0 Å². The minimum Gasteiger partial charge on any atom is -0.379 e. The fourth-order valence-electron chi connectivity index (χ4n) is 1.79. The second-order valence-electron chi connectivity index (χ2n) is 3.55. The Kier molecular flexibility index (Phi) is 2.29. The highest BCUT2D eigenvalue weighted by Crippen LogP contribution is 2.34. The third-order valence-corrected chi connectivity index (χ3v) is 2.67. The lowest BCUT2D eigenvalue weighted by Gasteiger charge is -2.41. The van der Waals surface area contributed by atoms with Crippen molar-refractivity contribution in [1.29, 1.82) is 0 Å². The normalized spacial score (nSPS) is 19.5. The monoisotopic (exact) mass is 178 g/mol. The van der Waals surface area contributed by atoms with Crippen molar-refractivity contribution in [2.75, 3.05) is 19.8 Å². The zero-order chi connectivity index (χ0) is 9.15. The van der Waals surface area contributed by atoms with Crippen LogP contribution in [0.3, 0.4) is 0 Å². The molecule has 0 spiro atoms. The molecule has 70 valence electrons. The Morgan fingerprint density at radius 3 is 2.54 bits per heavy atom. The number of rotatable bonds is 3. The molecule has 0 aromatic carbocycles. The van der Waals surface area contributed by atoms with Gasteiger partial charge in [-0.15, -0.1) is 0 Å². The van der Waals surface area contributed by atoms with Crippen LogP contribution in [0.15, 0.2) is 24.5 Å². The molecule has 2 N–H and O–H groups in total. The molecule has 0 bridgehead atoms. The molecule has 1 saturated heterocycles. The first-order valence-corrected chi connectivity index (χ1v) is 4.56. The summed E-state index contributed by atoms with van der Waals surface area (Å²) in [6.07, 6.45) is 4.65. The molecule has 0 saturated carbocycles. The van der Waals surface area contributed by atoms with Gasteiger partial charge in [0.25, 0.3) is 0 Å². The molecule has 3 nitrogen and oxygen atoms in total. The second-order valence-corrected chi connectivity index (χ2v) is 3.55. The molecule has 0 aliphatic carbocycles. The molecule has 1 fully saturated rings. The topological polar surface area (TPSA) is 48.1 Å². The summed E-state index contributed by atoms with van der Waals surface area (Å²) in [6, 6.07) is 4.11. The largest absolute Gasteiger partial charge is 0.379 e.